The summed E-state index contributed by atoms with van der Waals surface area (Å²) in [6.07, 6.45) is 1.62. The van der Waals surface area contributed by atoms with Crippen LogP contribution in [-0.4, -0.2) is 25.5 Å². The Bertz CT molecular complexity index is 479. The second-order valence-electron chi connectivity index (χ2n) is 3.31. The van der Waals surface area contributed by atoms with Crippen molar-refractivity contribution in [2.24, 2.45) is 0 Å². The number of carbonyl (C=O) groups is 1. The number of H-pyrrole nitrogens is 1. The SMILES string of the molecule is CCC(C)OC(=O)c1cc(S(=O)(=O)Cl)c[nH]1. The van der Waals surface area contributed by atoms with Crippen LogP contribution in [0.5, 0.6) is 0 Å². The second-order valence-corrected chi connectivity index (χ2v) is 5.88. The van der Waals surface area contributed by atoms with Gasteiger partial charge in [-0.05, 0) is 19.4 Å². The van der Waals surface area contributed by atoms with Crippen LogP contribution < -0.4 is 0 Å². The first-order chi connectivity index (χ1) is 7.34. The van der Waals surface area contributed by atoms with Crippen molar-refractivity contribution in [3.63, 3.8) is 0 Å². The maximum atomic E-state index is 11.5. The summed E-state index contributed by atoms with van der Waals surface area (Å²) in [7, 11) is 1.29. The molecule has 1 heterocycles. The maximum Gasteiger partial charge on any atom is 0.355 e. The monoisotopic (exact) mass is 265 g/mol. The first-order valence-electron chi connectivity index (χ1n) is 4.68. The number of nitrogens with one attached hydrogen (secondary N) is 1. The van der Waals surface area contributed by atoms with Gasteiger partial charge in [-0.1, -0.05) is 6.92 Å². The summed E-state index contributed by atoms with van der Waals surface area (Å²) in [6.45, 7) is 3.63. The Labute approximate surface area is 98.2 Å². The molecule has 0 aliphatic rings. The molecule has 0 amide bonds. The van der Waals surface area contributed by atoms with Crippen LogP contribution in [0.1, 0.15) is 30.8 Å². The molecule has 1 rings (SSSR count). The van der Waals surface area contributed by atoms with Gasteiger partial charge in [-0.2, -0.15) is 0 Å². The molecule has 0 bridgehead atoms. The van der Waals surface area contributed by atoms with Gasteiger partial charge in [-0.25, -0.2) is 13.2 Å². The molecule has 1 atom stereocenters. The van der Waals surface area contributed by atoms with Crippen molar-refractivity contribution >= 4 is 25.7 Å². The molecule has 0 spiro atoms. The minimum Gasteiger partial charge on any atom is -0.458 e. The second kappa shape index (κ2) is 4.88. The van der Waals surface area contributed by atoms with Crippen molar-refractivity contribution in [3.8, 4) is 0 Å². The number of aromatic amines is 1. The Kier molecular flexibility index (Phi) is 3.98. The highest BCUT2D eigenvalue weighted by Crippen LogP contribution is 2.16. The van der Waals surface area contributed by atoms with Crippen molar-refractivity contribution in [2.45, 2.75) is 31.3 Å². The van der Waals surface area contributed by atoms with Crippen LogP contribution in [0.2, 0.25) is 0 Å². The van der Waals surface area contributed by atoms with Crippen LogP contribution in [0.25, 0.3) is 0 Å². The summed E-state index contributed by atoms with van der Waals surface area (Å²) in [5.74, 6) is -0.596. The summed E-state index contributed by atoms with van der Waals surface area (Å²) in [5.41, 5.74) is 0.0690. The Morgan fingerprint density at radius 1 is 1.62 bits per heavy atom. The largest absolute Gasteiger partial charge is 0.458 e. The molecule has 1 aromatic rings. The van der Waals surface area contributed by atoms with Crippen LogP contribution in [0.15, 0.2) is 17.2 Å². The quantitative estimate of drug-likeness (QED) is 0.666. The average molecular weight is 266 g/mol. The molecular formula is C9H12ClNO4S. The molecule has 0 aliphatic heterocycles. The van der Waals surface area contributed by atoms with E-state index >= 15 is 0 Å². The van der Waals surface area contributed by atoms with Crippen LogP contribution in [0.3, 0.4) is 0 Å². The number of aromatic nitrogens is 1. The third-order valence-corrected chi connectivity index (χ3v) is 3.37. The van der Waals surface area contributed by atoms with E-state index in [0.717, 1.165) is 12.3 Å². The smallest absolute Gasteiger partial charge is 0.355 e. The Hall–Kier alpha value is -1.01. The van der Waals surface area contributed by atoms with E-state index in [2.05, 4.69) is 4.98 Å². The molecule has 7 heteroatoms. The number of hydrogen-bond donors (Lipinski definition) is 1. The predicted octanol–water partition coefficient (Wildman–Crippen LogP) is 1.90. The van der Waals surface area contributed by atoms with Crippen molar-refractivity contribution in [3.05, 3.63) is 18.0 Å². The van der Waals surface area contributed by atoms with Gasteiger partial charge in [-0.3, -0.25) is 0 Å². The lowest BCUT2D eigenvalue weighted by Gasteiger charge is -2.09. The molecule has 5 nitrogen and oxygen atoms in total. The van der Waals surface area contributed by atoms with Gasteiger partial charge in [0.2, 0.25) is 0 Å². The van der Waals surface area contributed by atoms with E-state index in [9.17, 15) is 13.2 Å². The van der Waals surface area contributed by atoms with Gasteiger partial charge < -0.3 is 9.72 Å². The fourth-order valence-electron chi connectivity index (χ4n) is 0.963. The third kappa shape index (κ3) is 3.24. The molecule has 0 saturated heterocycles. The molecule has 0 aliphatic carbocycles. The number of rotatable bonds is 4. The molecule has 0 aromatic carbocycles. The zero-order valence-electron chi connectivity index (χ0n) is 8.86. The molecule has 1 unspecified atom stereocenters. The third-order valence-electron chi connectivity index (χ3n) is 2.04. The standard InChI is InChI=1S/C9H12ClNO4S/c1-3-6(2)15-9(12)8-4-7(5-11-8)16(10,13)14/h4-6,11H,3H2,1-2H3. The fraction of sp³-hybridized carbons (Fsp3) is 0.444. The van der Waals surface area contributed by atoms with E-state index < -0.39 is 15.0 Å². The van der Waals surface area contributed by atoms with Gasteiger partial charge in [0.05, 0.1) is 6.10 Å². The molecule has 0 saturated carbocycles. The highest BCUT2D eigenvalue weighted by atomic mass is 35.7. The van der Waals surface area contributed by atoms with Gasteiger partial charge in [-0.15, -0.1) is 0 Å². The summed E-state index contributed by atoms with van der Waals surface area (Å²) in [5, 5.41) is 0. The van der Waals surface area contributed by atoms with Gasteiger partial charge in [0, 0.05) is 16.9 Å². The molecule has 1 aromatic heterocycles. The number of hydrogen-bond acceptors (Lipinski definition) is 4. The average Bonchev–Trinajstić information content (AvgIpc) is 2.65. The van der Waals surface area contributed by atoms with Crippen molar-refractivity contribution in [1.82, 2.24) is 4.98 Å². The van der Waals surface area contributed by atoms with E-state index in [4.69, 9.17) is 15.4 Å². The molecule has 0 radical (unpaired) electrons. The van der Waals surface area contributed by atoms with E-state index in [1.807, 2.05) is 6.92 Å². The minimum absolute atomic E-state index is 0.0690. The highest BCUT2D eigenvalue weighted by Gasteiger charge is 2.17. The van der Waals surface area contributed by atoms with Crippen LogP contribution >= 0.6 is 10.7 Å². The molecule has 90 valence electrons. The van der Waals surface area contributed by atoms with E-state index in [0.29, 0.717) is 6.42 Å². The number of ether oxygens (including phenoxy) is 1. The topological polar surface area (TPSA) is 76.2 Å². The van der Waals surface area contributed by atoms with Gasteiger partial charge in [0.25, 0.3) is 9.05 Å². The van der Waals surface area contributed by atoms with E-state index in [1.165, 1.54) is 0 Å². The van der Waals surface area contributed by atoms with Crippen LogP contribution in [0.4, 0.5) is 0 Å². The Morgan fingerprint density at radius 2 is 2.25 bits per heavy atom. The van der Waals surface area contributed by atoms with E-state index in [1.54, 1.807) is 6.92 Å². The lowest BCUT2D eigenvalue weighted by Crippen LogP contribution is -2.14. The van der Waals surface area contributed by atoms with Gasteiger partial charge >= 0.3 is 5.97 Å². The zero-order valence-corrected chi connectivity index (χ0v) is 10.4. The predicted molar refractivity (Wildman–Crippen MR) is 59.0 cm³/mol. The first-order valence-corrected chi connectivity index (χ1v) is 6.99. The summed E-state index contributed by atoms with van der Waals surface area (Å²) < 4.78 is 26.9. The molecular weight excluding hydrogens is 254 g/mol. The lowest BCUT2D eigenvalue weighted by molar-refractivity contribution is 0.0328. The normalized spacial score (nSPS) is 13.4. The van der Waals surface area contributed by atoms with Gasteiger partial charge in [0.15, 0.2) is 0 Å². The highest BCUT2D eigenvalue weighted by molar-refractivity contribution is 8.13. The van der Waals surface area contributed by atoms with Crippen molar-refractivity contribution in [2.75, 3.05) is 0 Å². The van der Waals surface area contributed by atoms with Crippen molar-refractivity contribution in [1.29, 1.82) is 0 Å². The minimum atomic E-state index is -3.82. The fourth-order valence-corrected chi connectivity index (χ4v) is 1.69. The summed E-state index contributed by atoms with van der Waals surface area (Å²) in [4.78, 5) is 13.8. The maximum absolute atomic E-state index is 11.5. The summed E-state index contributed by atoms with van der Waals surface area (Å²) >= 11 is 0. The number of esters is 1. The molecule has 0 fully saturated rings. The summed E-state index contributed by atoms with van der Waals surface area (Å²) in [6, 6.07) is 1.15. The zero-order chi connectivity index (χ0) is 12.3. The van der Waals surface area contributed by atoms with Crippen molar-refractivity contribution < 1.29 is 17.9 Å². The van der Waals surface area contributed by atoms with Gasteiger partial charge in [0.1, 0.15) is 10.6 Å². The first kappa shape index (κ1) is 13.1. The Morgan fingerprint density at radius 3 is 2.69 bits per heavy atom. The van der Waals surface area contributed by atoms with Crippen LogP contribution in [0, 0.1) is 0 Å². The number of halogens is 1. The molecule has 16 heavy (non-hydrogen) atoms. The lowest BCUT2D eigenvalue weighted by atomic mass is 10.3. The van der Waals surface area contributed by atoms with Crippen LogP contribution in [-0.2, 0) is 13.8 Å². The number of carbonyl (C=O) groups excluding carboxylic acids is 1. The van der Waals surface area contributed by atoms with E-state index in [-0.39, 0.29) is 16.7 Å². The Balaban J connectivity index is 2.83. The molecule has 1 N–H and O–H groups in total.